The predicted molar refractivity (Wildman–Crippen MR) is 127 cm³/mol. The summed E-state index contributed by atoms with van der Waals surface area (Å²) < 4.78 is 7.76. The van der Waals surface area contributed by atoms with Crippen LogP contribution in [0.5, 0.6) is 5.75 Å². The Labute approximate surface area is 190 Å². The molecule has 1 aromatic carbocycles. The van der Waals surface area contributed by atoms with Crippen molar-refractivity contribution in [2.45, 2.75) is 52.6 Å². The Morgan fingerprint density at radius 2 is 2.10 bits per heavy atom. The van der Waals surface area contributed by atoms with Crippen LogP contribution in [-0.2, 0) is 13.6 Å². The third kappa shape index (κ3) is 6.58. The van der Waals surface area contributed by atoms with Gasteiger partial charge in [-0.1, -0.05) is 32.0 Å². The van der Waals surface area contributed by atoms with E-state index in [4.69, 9.17) is 9.73 Å². The molecule has 0 amide bonds. The van der Waals surface area contributed by atoms with Crippen molar-refractivity contribution in [1.29, 1.82) is 0 Å². The van der Waals surface area contributed by atoms with Gasteiger partial charge in [-0.3, -0.25) is 0 Å². The van der Waals surface area contributed by atoms with Crippen LogP contribution in [0.25, 0.3) is 0 Å². The highest BCUT2D eigenvalue weighted by Crippen LogP contribution is 2.31. The number of para-hydroxylation sites is 1. The average Bonchev–Trinajstić information content (AvgIpc) is 3.01. The summed E-state index contributed by atoms with van der Waals surface area (Å²) in [7, 11) is 1.97. The number of hydrogen-bond acceptors (Lipinski definition) is 4. The second-order valence-corrected chi connectivity index (χ2v) is 7.72. The third-order valence-corrected chi connectivity index (χ3v) is 5.08. The predicted octanol–water partition coefficient (Wildman–Crippen LogP) is 3.74. The highest BCUT2D eigenvalue weighted by molar-refractivity contribution is 14.0. The SMILES string of the molecule is Cc1nnc(CN=C(NCCCC(C)C)NC2CCOc3ccccc32)n1C.I. The van der Waals surface area contributed by atoms with Crippen LogP contribution < -0.4 is 15.4 Å². The number of rotatable bonds is 7. The summed E-state index contributed by atoms with van der Waals surface area (Å²) in [5, 5.41) is 15.4. The minimum Gasteiger partial charge on any atom is -0.493 e. The lowest BCUT2D eigenvalue weighted by molar-refractivity contribution is 0.261. The zero-order chi connectivity index (χ0) is 19.9. The topological polar surface area (TPSA) is 76.4 Å². The molecule has 2 heterocycles. The van der Waals surface area contributed by atoms with Crippen LogP contribution in [-0.4, -0.2) is 33.9 Å². The molecule has 8 heteroatoms. The molecular weight excluding hydrogens is 479 g/mol. The van der Waals surface area contributed by atoms with Gasteiger partial charge in [0.2, 0.25) is 0 Å². The zero-order valence-corrected chi connectivity index (χ0v) is 20.1. The van der Waals surface area contributed by atoms with Crippen molar-refractivity contribution >= 4 is 29.9 Å². The van der Waals surface area contributed by atoms with Gasteiger partial charge in [0.15, 0.2) is 11.8 Å². The molecule has 1 atom stereocenters. The average molecular weight is 512 g/mol. The summed E-state index contributed by atoms with van der Waals surface area (Å²) >= 11 is 0. The maximum absolute atomic E-state index is 5.79. The van der Waals surface area contributed by atoms with Crippen LogP contribution in [0.2, 0.25) is 0 Å². The molecule has 3 rings (SSSR count). The lowest BCUT2D eigenvalue weighted by Crippen LogP contribution is -2.41. The summed E-state index contributed by atoms with van der Waals surface area (Å²) in [5.74, 6) is 4.22. The number of halogens is 1. The highest BCUT2D eigenvalue weighted by Gasteiger charge is 2.22. The van der Waals surface area contributed by atoms with Crippen LogP contribution >= 0.6 is 24.0 Å². The van der Waals surface area contributed by atoms with E-state index in [0.717, 1.165) is 42.7 Å². The molecule has 1 aliphatic rings. The standard InChI is InChI=1S/C21H32N6O.HI/c1-15(2)8-7-12-22-21(23-14-20-26-25-16(3)27(20)4)24-18-11-13-28-19-10-6-5-9-17(18)19;/h5-6,9-10,15,18H,7-8,11-14H2,1-4H3,(H2,22,23,24);1H. The fraction of sp³-hybridized carbons (Fsp3) is 0.571. The monoisotopic (exact) mass is 512 g/mol. The van der Waals surface area contributed by atoms with Crippen molar-refractivity contribution in [2.24, 2.45) is 18.0 Å². The smallest absolute Gasteiger partial charge is 0.192 e. The second kappa shape index (κ2) is 11.4. The Balaban J connectivity index is 0.00000300. The Bertz CT molecular complexity index is 804. The molecule has 0 bridgehead atoms. The van der Waals surface area contributed by atoms with E-state index in [1.807, 2.05) is 30.7 Å². The number of aryl methyl sites for hydroxylation is 1. The minimum absolute atomic E-state index is 0. The first kappa shape index (κ1) is 23.4. The van der Waals surface area contributed by atoms with E-state index >= 15 is 0 Å². The van der Waals surface area contributed by atoms with Crippen LogP contribution in [0.1, 0.15) is 56.4 Å². The number of nitrogens with one attached hydrogen (secondary N) is 2. The Kier molecular flexibility index (Phi) is 9.19. The summed E-state index contributed by atoms with van der Waals surface area (Å²) in [6.45, 7) is 8.54. The first-order valence-corrected chi connectivity index (χ1v) is 10.2. The van der Waals surface area contributed by atoms with Crippen molar-refractivity contribution in [3.8, 4) is 5.75 Å². The molecule has 0 aliphatic carbocycles. The molecule has 2 N–H and O–H groups in total. The van der Waals surface area contributed by atoms with E-state index in [9.17, 15) is 0 Å². The largest absolute Gasteiger partial charge is 0.493 e. The lowest BCUT2D eigenvalue weighted by atomic mass is 10.0. The molecule has 2 aromatic rings. The maximum Gasteiger partial charge on any atom is 0.192 e. The maximum atomic E-state index is 5.79. The number of guanidine groups is 1. The van der Waals surface area contributed by atoms with E-state index in [1.54, 1.807) is 0 Å². The van der Waals surface area contributed by atoms with E-state index < -0.39 is 0 Å². The number of aliphatic imine (C=N–C) groups is 1. The fourth-order valence-electron chi connectivity index (χ4n) is 3.27. The summed E-state index contributed by atoms with van der Waals surface area (Å²) in [4.78, 5) is 4.78. The molecule has 0 spiro atoms. The summed E-state index contributed by atoms with van der Waals surface area (Å²) in [6.07, 6.45) is 3.22. The van der Waals surface area contributed by atoms with Gasteiger partial charge in [-0.15, -0.1) is 34.2 Å². The molecule has 1 aromatic heterocycles. The van der Waals surface area contributed by atoms with E-state index in [-0.39, 0.29) is 30.0 Å². The van der Waals surface area contributed by atoms with E-state index in [1.165, 1.54) is 12.0 Å². The Morgan fingerprint density at radius 3 is 2.83 bits per heavy atom. The zero-order valence-electron chi connectivity index (χ0n) is 17.8. The van der Waals surface area contributed by atoms with Gasteiger partial charge in [-0.05, 0) is 31.7 Å². The Hall–Kier alpha value is -1.84. The quantitative estimate of drug-likeness (QED) is 0.256. The Morgan fingerprint density at radius 1 is 1.31 bits per heavy atom. The number of fused-ring (bicyclic) bond motifs is 1. The molecule has 0 fully saturated rings. The van der Waals surface area contributed by atoms with Gasteiger partial charge < -0.3 is 19.9 Å². The second-order valence-electron chi connectivity index (χ2n) is 7.72. The van der Waals surface area contributed by atoms with Crippen LogP contribution in [0.3, 0.4) is 0 Å². The first-order chi connectivity index (χ1) is 13.5. The highest BCUT2D eigenvalue weighted by atomic mass is 127. The fourth-order valence-corrected chi connectivity index (χ4v) is 3.27. The van der Waals surface area contributed by atoms with E-state index in [2.05, 4.69) is 46.8 Å². The molecule has 0 radical (unpaired) electrons. The molecular formula is C21H33IN6O. The van der Waals surface area contributed by atoms with Gasteiger partial charge in [0.1, 0.15) is 18.1 Å². The summed E-state index contributed by atoms with van der Waals surface area (Å²) in [6, 6.07) is 8.39. The van der Waals surface area contributed by atoms with Crippen LogP contribution in [0.15, 0.2) is 29.3 Å². The van der Waals surface area contributed by atoms with Gasteiger partial charge in [-0.2, -0.15) is 0 Å². The van der Waals surface area contributed by atoms with Crippen molar-refractivity contribution in [3.63, 3.8) is 0 Å². The molecule has 7 nitrogen and oxygen atoms in total. The molecule has 1 aliphatic heterocycles. The normalized spacial score (nSPS) is 16.0. The molecule has 0 saturated heterocycles. The van der Waals surface area contributed by atoms with Crippen molar-refractivity contribution in [1.82, 2.24) is 25.4 Å². The van der Waals surface area contributed by atoms with Gasteiger partial charge in [0.25, 0.3) is 0 Å². The molecule has 160 valence electrons. The molecule has 29 heavy (non-hydrogen) atoms. The number of benzene rings is 1. The van der Waals surface area contributed by atoms with Crippen LogP contribution in [0, 0.1) is 12.8 Å². The minimum atomic E-state index is 0. The first-order valence-electron chi connectivity index (χ1n) is 10.2. The third-order valence-electron chi connectivity index (χ3n) is 5.08. The van der Waals surface area contributed by atoms with Crippen molar-refractivity contribution < 1.29 is 4.74 Å². The van der Waals surface area contributed by atoms with Crippen LogP contribution in [0.4, 0.5) is 0 Å². The van der Waals surface area contributed by atoms with Crippen molar-refractivity contribution in [3.05, 3.63) is 41.5 Å². The number of nitrogens with zero attached hydrogens (tertiary/aromatic N) is 4. The lowest BCUT2D eigenvalue weighted by Gasteiger charge is -2.28. The van der Waals surface area contributed by atoms with Crippen molar-refractivity contribution in [2.75, 3.05) is 13.2 Å². The van der Waals surface area contributed by atoms with Gasteiger partial charge in [0.05, 0.1) is 12.6 Å². The van der Waals surface area contributed by atoms with Gasteiger partial charge in [0, 0.05) is 25.6 Å². The molecule has 1 unspecified atom stereocenters. The van der Waals surface area contributed by atoms with Gasteiger partial charge in [-0.25, -0.2) is 4.99 Å². The van der Waals surface area contributed by atoms with Gasteiger partial charge >= 0.3 is 0 Å². The number of ether oxygens (including phenoxy) is 1. The van der Waals surface area contributed by atoms with E-state index in [0.29, 0.717) is 19.1 Å². The number of aromatic nitrogens is 3. The number of hydrogen-bond donors (Lipinski definition) is 2. The molecule has 0 saturated carbocycles. The summed E-state index contributed by atoms with van der Waals surface area (Å²) in [5.41, 5.74) is 1.18.